The molecule has 4 rings (SSSR count). The molecule has 28 heavy (non-hydrogen) atoms. The Morgan fingerprint density at radius 1 is 0.786 bits per heavy atom. The van der Waals surface area contributed by atoms with Gasteiger partial charge >= 0.3 is 6.18 Å². The van der Waals surface area contributed by atoms with Gasteiger partial charge in [-0.3, -0.25) is 9.59 Å². The monoisotopic (exact) mass is 384 g/mol. The molecular weight excluding hydrogens is 373 g/mol. The molecule has 1 aromatic heterocycles. The summed E-state index contributed by atoms with van der Waals surface area (Å²) in [5.41, 5.74) is -0.0924. The van der Waals surface area contributed by atoms with Gasteiger partial charge in [0.15, 0.2) is 0 Å². The topological polar surface area (TPSA) is 59.5 Å². The molecule has 5 nitrogen and oxygen atoms in total. The van der Waals surface area contributed by atoms with E-state index in [1.807, 2.05) is 0 Å². The predicted octanol–water partition coefficient (Wildman–Crippen LogP) is 4.69. The van der Waals surface area contributed by atoms with E-state index in [0.29, 0.717) is 16.8 Å². The van der Waals surface area contributed by atoms with E-state index in [1.165, 1.54) is 36.4 Å². The Labute approximate surface area is 157 Å². The van der Waals surface area contributed by atoms with Crippen LogP contribution < -0.4 is 9.64 Å². The number of aromatic nitrogens is 1. The van der Waals surface area contributed by atoms with E-state index in [0.717, 1.165) is 11.0 Å². The number of carbonyl (C=O) groups is 2. The fraction of sp³-hybridized carbons (Fsp3) is 0.0500. The number of anilines is 1. The van der Waals surface area contributed by atoms with E-state index in [2.05, 4.69) is 4.98 Å². The third-order valence-corrected chi connectivity index (χ3v) is 4.13. The highest BCUT2D eigenvalue weighted by molar-refractivity contribution is 6.34. The number of carbonyl (C=O) groups excluding carboxylic acids is 2. The molecule has 140 valence electrons. The van der Waals surface area contributed by atoms with Crippen molar-refractivity contribution in [3.05, 3.63) is 83.6 Å². The molecule has 2 heterocycles. The fourth-order valence-corrected chi connectivity index (χ4v) is 2.84. The molecule has 0 saturated carbocycles. The lowest BCUT2D eigenvalue weighted by atomic mass is 10.1. The average molecular weight is 384 g/mol. The van der Waals surface area contributed by atoms with Crippen molar-refractivity contribution < 1.29 is 27.5 Å². The summed E-state index contributed by atoms with van der Waals surface area (Å²) < 4.78 is 43.5. The van der Waals surface area contributed by atoms with Crippen LogP contribution in [0.2, 0.25) is 0 Å². The molecule has 2 aromatic carbocycles. The Morgan fingerprint density at radius 3 is 1.96 bits per heavy atom. The van der Waals surface area contributed by atoms with Crippen LogP contribution in [-0.4, -0.2) is 16.8 Å². The van der Waals surface area contributed by atoms with Gasteiger partial charge in [-0.05, 0) is 42.5 Å². The second-order valence-electron chi connectivity index (χ2n) is 5.95. The molecule has 0 atom stereocenters. The lowest BCUT2D eigenvalue weighted by molar-refractivity contribution is -0.141. The highest BCUT2D eigenvalue weighted by atomic mass is 19.4. The van der Waals surface area contributed by atoms with E-state index >= 15 is 0 Å². The standard InChI is InChI=1S/C20H11F3N2O3/c21-20(22,23)16-6-3-7-17(24-16)28-13-10-8-12(9-11-13)25-18(26)14-4-1-2-5-15(14)19(25)27/h1-11H. The minimum absolute atomic E-state index is 0.215. The lowest BCUT2D eigenvalue weighted by Crippen LogP contribution is -2.29. The summed E-state index contributed by atoms with van der Waals surface area (Å²) in [6.45, 7) is 0. The molecule has 0 bridgehead atoms. The first-order valence-electron chi connectivity index (χ1n) is 8.14. The maximum atomic E-state index is 12.7. The Morgan fingerprint density at radius 2 is 1.39 bits per heavy atom. The number of fused-ring (bicyclic) bond motifs is 1. The summed E-state index contributed by atoms with van der Waals surface area (Å²) >= 11 is 0. The summed E-state index contributed by atoms with van der Waals surface area (Å²) in [6.07, 6.45) is -4.57. The smallest absolute Gasteiger partial charge is 0.433 e. The summed E-state index contributed by atoms with van der Waals surface area (Å²) in [5, 5.41) is 0. The quantitative estimate of drug-likeness (QED) is 0.615. The first-order valence-corrected chi connectivity index (χ1v) is 8.14. The number of amides is 2. The molecule has 0 fully saturated rings. The molecule has 0 aliphatic carbocycles. The first kappa shape index (κ1) is 17.7. The number of pyridine rings is 1. The van der Waals surface area contributed by atoms with Crippen LogP contribution >= 0.6 is 0 Å². The molecule has 0 saturated heterocycles. The van der Waals surface area contributed by atoms with Gasteiger partial charge in [-0.25, -0.2) is 9.88 Å². The Bertz CT molecular complexity index is 1040. The summed E-state index contributed by atoms with van der Waals surface area (Å²) in [6, 6.07) is 15.7. The van der Waals surface area contributed by atoms with Crippen molar-refractivity contribution in [2.45, 2.75) is 6.18 Å². The largest absolute Gasteiger partial charge is 0.439 e. The number of benzene rings is 2. The number of hydrogen-bond donors (Lipinski definition) is 0. The van der Waals surface area contributed by atoms with Gasteiger partial charge in [0.2, 0.25) is 5.88 Å². The number of alkyl halides is 3. The molecule has 0 N–H and O–H groups in total. The van der Waals surface area contributed by atoms with Gasteiger partial charge in [0, 0.05) is 6.07 Å². The van der Waals surface area contributed by atoms with Gasteiger partial charge in [0.1, 0.15) is 11.4 Å². The number of nitrogens with zero attached hydrogens (tertiary/aromatic N) is 2. The van der Waals surface area contributed by atoms with Crippen molar-refractivity contribution in [3.63, 3.8) is 0 Å². The normalized spacial score (nSPS) is 13.6. The van der Waals surface area contributed by atoms with Gasteiger partial charge < -0.3 is 4.74 Å². The highest BCUT2D eigenvalue weighted by Crippen LogP contribution is 2.32. The van der Waals surface area contributed by atoms with E-state index in [1.54, 1.807) is 24.3 Å². The minimum Gasteiger partial charge on any atom is -0.439 e. The van der Waals surface area contributed by atoms with Crippen LogP contribution in [0.25, 0.3) is 0 Å². The molecule has 0 unspecified atom stereocenters. The zero-order valence-corrected chi connectivity index (χ0v) is 14.1. The van der Waals surface area contributed by atoms with Crippen molar-refractivity contribution in [2.75, 3.05) is 4.90 Å². The second-order valence-corrected chi connectivity index (χ2v) is 5.95. The van der Waals surface area contributed by atoms with Crippen molar-refractivity contribution >= 4 is 17.5 Å². The number of hydrogen-bond acceptors (Lipinski definition) is 4. The highest BCUT2D eigenvalue weighted by Gasteiger charge is 2.36. The van der Waals surface area contributed by atoms with Gasteiger partial charge in [-0.2, -0.15) is 13.2 Å². The van der Waals surface area contributed by atoms with E-state index < -0.39 is 23.7 Å². The first-order chi connectivity index (χ1) is 13.3. The molecule has 1 aliphatic heterocycles. The Balaban J connectivity index is 1.56. The van der Waals surface area contributed by atoms with Crippen LogP contribution in [-0.2, 0) is 6.18 Å². The van der Waals surface area contributed by atoms with Crippen molar-refractivity contribution in [2.24, 2.45) is 0 Å². The maximum absolute atomic E-state index is 12.7. The lowest BCUT2D eigenvalue weighted by Gasteiger charge is -2.14. The van der Waals surface area contributed by atoms with E-state index in [4.69, 9.17) is 4.74 Å². The molecular formula is C20H11F3N2O3. The van der Waals surface area contributed by atoms with E-state index in [-0.39, 0.29) is 11.6 Å². The van der Waals surface area contributed by atoms with Crippen molar-refractivity contribution in [1.29, 1.82) is 0 Å². The molecule has 2 amide bonds. The number of imide groups is 1. The van der Waals surface area contributed by atoms with Crippen LogP contribution in [0.15, 0.2) is 66.7 Å². The van der Waals surface area contributed by atoms with Crippen LogP contribution in [0.5, 0.6) is 11.6 Å². The fourth-order valence-electron chi connectivity index (χ4n) is 2.84. The van der Waals surface area contributed by atoms with E-state index in [9.17, 15) is 22.8 Å². The zero-order valence-electron chi connectivity index (χ0n) is 14.1. The van der Waals surface area contributed by atoms with Crippen LogP contribution in [0.1, 0.15) is 26.4 Å². The molecule has 8 heteroatoms. The van der Waals surface area contributed by atoms with Crippen LogP contribution in [0, 0.1) is 0 Å². The summed E-state index contributed by atoms with van der Waals surface area (Å²) in [4.78, 5) is 29.4. The summed E-state index contributed by atoms with van der Waals surface area (Å²) in [5.74, 6) is -0.877. The maximum Gasteiger partial charge on any atom is 0.433 e. The minimum atomic E-state index is -4.57. The summed E-state index contributed by atoms with van der Waals surface area (Å²) in [7, 11) is 0. The SMILES string of the molecule is O=C1c2ccccc2C(=O)N1c1ccc(Oc2cccc(C(F)(F)F)n2)cc1. The zero-order chi connectivity index (χ0) is 19.9. The third kappa shape index (κ3) is 3.09. The number of rotatable bonds is 3. The number of halogens is 3. The molecule has 1 aliphatic rings. The van der Waals surface area contributed by atoms with Crippen molar-refractivity contribution in [3.8, 4) is 11.6 Å². The Kier molecular flexibility index (Phi) is 4.11. The molecule has 0 spiro atoms. The van der Waals surface area contributed by atoms with Gasteiger partial charge in [-0.1, -0.05) is 18.2 Å². The van der Waals surface area contributed by atoms with Gasteiger partial charge in [-0.15, -0.1) is 0 Å². The average Bonchev–Trinajstić information content (AvgIpc) is 2.93. The third-order valence-electron chi connectivity index (χ3n) is 4.13. The van der Waals surface area contributed by atoms with Gasteiger partial charge in [0.25, 0.3) is 11.8 Å². The van der Waals surface area contributed by atoms with Crippen LogP contribution in [0.4, 0.5) is 18.9 Å². The van der Waals surface area contributed by atoms with Crippen molar-refractivity contribution in [1.82, 2.24) is 4.98 Å². The van der Waals surface area contributed by atoms with Crippen LogP contribution in [0.3, 0.4) is 0 Å². The predicted molar refractivity (Wildman–Crippen MR) is 93.3 cm³/mol. The molecule has 0 radical (unpaired) electrons. The Hall–Kier alpha value is -3.68. The molecule has 3 aromatic rings. The number of ether oxygens (including phenoxy) is 1. The second kappa shape index (κ2) is 6.49. The van der Waals surface area contributed by atoms with Gasteiger partial charge in [0.05, 0.1) is 16.8 Å².